The molecule has 1 aliphatic heterocycles. The molecule has 1 atom stereocenters. The molecule has 1 fully saturated rings. The molecule has 68 valence electrons. The van der Waals surface area contributed by atoms with Crippen molar-refractivity contribution < 1.29 is 9.90 Å². The van der Waals surface area contributed by atoms with E-state index in [4.69, 9.17) is 5.11 Å². The molecule has 0 aromatic rings. The second kappa shape index (κ2) is 4.52. The maximum Gasteiger partial charge on any atom is 0.282 e. The second-order valence-electron chi connectivity index (χ2n) is 2.68. The Balaban J connectivity index is 2.28. The molecule has 1 aliphatic rings. The molecule has 1 saturated heterocycles. The van der Waals surface area contributed by atoms with Crippen molar-refractivity contribution in [1.82, 2.24) is 4.90 Å². The quantitative estimate of drug-likeness (QED) is 0.672. The minimum Gasteiger partial charge on any atom is -0.395 e. The molecule has 1 rings (SSSR count). The lowest BCUT2D eigenvalue weighted by atomic mass is 10.2. The third-order valence-electron chi connectivity index (χ3n) is 1.81. The van der Waals surface area contributed by atoms with Gasteiger partial charge in [-0.3, -0.25) is 4.79 Å². The third kappa shape index (κ3) is 2.25. The molecule has 0 aliphatic carbocycles. The van der Waals surface area contributed by atoms with Crippen molar-refractivity contribution in [3.8, 4) is 0 Å². The molecule has 0 bridgehead atoms. The summed E-state index contributed by atoms with van der Waals surface area (Å²) in [6.45, 7) is 5.24. The Bertz CT molecular complexity index is 180. The summed E-state index contributed by atoms with van der Waals surface area (Å²) in [5, 5.41) is 8.69. The molecule has 0 aromatic carbocycles. The van der Waals surface area contributed by atoms with E-state index in [1.165, 1.54) is 0 Å². The lowest BCUT2D eigenvalue weighted by molar-refractivity contribution is 0.192. The molecule has 1 heterocycles. The Morgan fingerprint density at radius 1 is 1.75 bits per heavy atom. The first-order chi connectivity index (χ1) is 5.77. The highest BCUT2D eigenvalue weighted by Crippen LogP contribution is 2.20. The van der Waals surface area contributed by atoms with Crippen LogP contribution in [0.4, 0.5) is 4.79 Å². The van der Waals surface area contributed by atoms with Crippen LogP contribution >= 0.6 is 11.8 Å². The summed E-state index contributed by atoms with van der Waals surface area (Å²) in [4.78, 5) is 13.1. The van der Waals surface area contributed by atoms with Gasteiger partial charge < -0.3 is 10.0 Å². The largest absolute Gasteiger partial charge is 0.395 e. The van der Waals surface area contributed by atoms with Gasteiger partial charge >= 0.3 is 0 Å². The Morgan fingerprint density at radius 3 is 2.75 bits per heavy atom. The van der Waals surface area contributed by atoms with Crippen molar-refractivity contribution in [2.75, 3.05) is 19.7 Å². The van der Waals surface area contributed by atoms with Gasteiger partial charge in [-0.2, -0.15) is 0 Å². The van der Waals surface area contributed by atoms with E-state index in [-0.39, 0.29) is 17.1 Å². The molecule has 0 spiro atoms. The van der Waals surface area contributed by atoms with Gasteiger partial charge in [0.1, 0.15) is 0 Å². The van der Waals surface area contributed by atoms with Gasteiger partial charge in [-0.15, -0.1) is 6.58 Å². The van der Waals surface area contributed by atoms with Crippen LogP contribution < -0.4 is 0 Å². The molecule has 0 aromatic heterocycles. The van der Waals surface area contributed by atoms with E-state index >= 15 is 0 Å². The van der Waals surface area contributed by atoms with Gasteiger partial charge in [0.05, 0.1) is 11.9 Å². The first-order valence-corrected chi connectivity index (χ1v) is 4.85. The van der Waals surface area contributed by atoms with Crippen LogP contribution in [0.1, 0.15) is 6.42 Å². The van der Waals surface area contributed by atoms with Gasteiger partial charge in [0, 0.05) is 13.1 Å². The number of rotatable bonds is 3. The fourth-order valence-corrected chi connectivity index (χ4v) is 1.62. The van der Waals surface area contributed by atoms with E-state index in [1.807, 2.05) is 0 Å². The number of aliphatic hydroxyl groups excluding tert-OH is 1. The summed E-state index contributed by atoms with van der Waals surface area (Å²) in [7, 11) is 0. The molecule has 4 heteroatoms. The van der Waals surface area contributed by atoms with Gasteiger partial charge in [-0.25, -0.2) is 0 Å². The Kier molecular flexibility index (Phi) is 3.62. The number of aliphatic hydroxyl groups is 1. The average Bonchev–Trinajstić information content (AvgIpc) is 1.96. The highest BCUT2D eigenvalue weighted by atomic mass is 32.2. The molecular formula is C8H13NO2S. The third-order valence-corrected chi connectivity index (χ3v) is 2.91. The second-order valence-corrected chi connectivity index (χ2v) is 3.87. The maximum atomic E-state index is 11.3. The topological polar surface area (TPSA) is 40.5 Å². The van der Waals surface area contributed by atoms with Crippen LogP contribution in [0, 0.1) is 0 Å². The summed E-state index contributed by atoms with van der Waals surface area (Å²) < 4.78 is 0. The monoisotopic (exact) mass is 187 g/mol. The highest BCUT2D eigenvalue weighted by Gasteiger charge is 2.22. The SMILES string of the molecule is C=C[C@H](CO)SC(=O)N1CCC1. The van der Waals surface area contributed by atoms with Gasteiger partial charge in [0.15, 0.2) is 0 Å². The summed E-state index contributed by atoms with van der Waals surface area (Å²) >= 11 is 1.15. The smallest absolute Gasteiger partial charge is 0.282 e. The van der Waals surface area contributed by atoms with Gasteiger partial charge in [0.25, 0.3) is 5.24 Å². The molecule has 12 heavy (non-hydrogen) atoms. The number of carbonyl (C=O) groups excluding carboxylic acids is 1. The number of amides is 1. The zero-order chi connectivity index (χ0) is 8.97. The molecular weight excluding hydrogens is 174 g/mol. The number of hydrogen-bond acceptors (Lipinski definition) is 3. The predicted octanol–water partition coefficient (Wildman–Crippen LogP) is 1.09. The standard InChI is InChI=1S/C8H13NO2S/c1-2-7(6-10)12-8(11)9-4-3-5-9/h2,7,10H,1,3-6H2/t7-/m1/s1. The van der Waals surface area contributed by atoms with Crippen LogP contribution in [0.2, 0.25) is 0 Å². The normalized spacial score (nSPS) is 18.2. The van der Waals surface area contributed by atoms with Crippen LogP contribution in [0.5, 0.6) is 0 Å². The molecule has 3 nitrogen and oxygen atoms in total. The van der Waals surface area contributed by atoms with Crippen molar-refractivity contribution in [3.63, 3.8) is 0 Å². The lowest BCUT2D eigenvalue weighted by Gasteiger charge is -2.30. The number of likely N-dealkylation sites (tertiary alicyclic amines) is 1. The van der Waals surface area contributed by atoms with E-state index < -0.39 is 0 Å². The zero-order valence-electron chi connectivity index (χ0n) is 6.90. The van der Waals surface area contributed by atoms with Crippen molar-refractivity contribution in [1.29, 1.82) is 0 Å². The first-order valence-electron chi connectivity index (χ1n) is 3.97. The lowest BCUT2D eigenvalue weighted by Crippen LogP contribution is -2.40. The predicted molar refractivity (Wildman–Crippen MR) is 50.2 cm³/mol. The van der Waals surface area contributed by atoms with Gasteiger partial charge in [-0.05, 0) is 6.42 Å². The Labute approximate surface area is 76.4 Å². The highest BCUT2D eigenvalue weighted by molar-refractivity contribution is 8.14. The van der Waals surface area contributed by atoms with E-state index in [0.717, 1.165) is 31.3 Å². The van der Waals surface area contributed by atoms with Crippen LogP contribution in [0.3, 0.4) is 0 Å². The number of hydrogen-bond donors (Lipinski definition) is 1. The van der Waals surface area contributed by atoms with Crippen molar-refractivity contribution in [2.45, 2.75) is 11.7 Å². The number of carbonyl (C=O) groups is 1. The van der Waals surface area contributed by atoms with Crippen LogP contribution in [0.15, 0.2) is 12.7 Å². The summed E-state index contributed by atoms with van der Waals surface area (Å²) in [5.41, 5.74) is 0. The average molecular weight is 187 g/mol. The molecule has 0 radical (unpaired) electrons. The van der Waals surface area contributed by atoms with Gasteiger partial charge in [0.2, 0.25) is 0 Å². The van der Waals surface area contributed by atoms with E-state index in [9.17, 15) is 4.79 Å². The Morgan fingerprint density at radius 2 is 2.42 bits per heavy atom. The summed E-state index contributed by atoms with van der Waals surface area (Å²) in [5.74, 6) is 0. The number of thioether (sulfide) groups is 1. The fourth-order valence-electron chi connectivity index (χ4n) is 0.863. The molecule has 1 N–H and O–H groups in total. The van der Waals surface area contributed by atoms with Crippen LogP contribution in [-0.4, -0.2) is 40.2 Å². The maximum absolute atomic E-state index is 11.3. The van der Waals surface area contributed by atoms with Crippen LogP contribution in [-0.2, 0) is 0 Å². The number of nitrogens with zero attached hydrogens (tertiary/aromatic N) is 1. The molecule has 0 unspecified atom stereocenters. The van der Waals surface area contributed by atoms with Crippen molar-refractivity contribution in [3.05, 3.63) is 12.7 Å². The molecule has 0 saturated carbocycles. The minimum absolute atomic E-state index is 0.0201. The fraction of sp³-hybridized carbons (Fsp3) is 0.625. The summed E-state index contributed by atoms with van der Waals surface area (Å²) in [6.07, 6.45) is 2.70. The van der Waals surface area contributed by atoms with Gasteiger partial charge in [-0.1, -0.05) is 17.8 Å². The van der Waals surface area contributed by atoms with E-state index in [2.05, 4.69) is 6.58 Å². The zero-order valence-corrected chi connectivity index (χ0v) is 7.72. The molecule has 1 amide bonds. The van der Waals surface area contributed by atoms with Crippen LogP contribution in [0.25, 0.3) is 0 Å². The van der Waals surface area contributed by atoms with E-state index in [0.29, 0.717) is 0 Å². The Hall–Kier alpha value is -0.480. The minimum atomic E-state index is -0.155. The summed E-state index contributed by atoms with van der Waals surface area (Å²) in [6, 6.07) is 0. The van der Waals surface area contributed by atoms with Crippen molar-refractivity contribution in [2.24, 2.45) is 0 Å². The van der Waals surface area contributed by atoms with Crippen molar-refractivity contribution >= 4 is 17.0 Å². The first kappa shape index (κ1) is 9.61. The van der Waals surface area contributed by atoms with E-state index in [1.54, 1.807) is 11.0 Å².